The van der Waals surface area contributed by atoms with Gasteiger partial charge in [-0.05, 0) is 17.9 Å². The van der Waals surface area contributed by atoms with Crippen molar-refractivity contribution >= 4 is 0 Å². The van der Waals surface area contributed by atoms with Crippen molar-refractivity contribution in [3.05, 3.63) is 10.4 Å². The van der Waals surface area contributed by atoms with Crippen molar-refractivity contribution < 1.29 is 9.84 Å². The predicted molar refractivity (Wildman–Crippen MR) is 48.1 cm³/mol. The van der Waals surface area contributed by atoms with Crippen LogP contribution in [0.25, 0.3) is 10.4 Å². The van der Waals surface area contributed by atoms with Gasteiger partial charge in [0.2, 0.25) is 0 Å². The number of aliphatic hydroxyl groups excluding tert-OH is 1. The van der Waals surface area contributed by atoms with E-state index in [-0.39, 0.29) is 24.9 Å². The van der Waals surface area contributed by atoms with E-state index in [1.165, 1.54) is 0 Å². The molecule has 5 heteroatoms. The van der Waals surface area contributed by atoms with Gasteiger partial charge in [-0.25, -0.2) is 0 Å². The van der Waals surface area contributed by atoms with Gasteiger partial charge < -0.3 is 9.84 Å². The Labute approximate surface area is 77.3 Å². The van der Waals surface area contributed by atoms with Crippen LogP contribution in [0.3, 0.4) is 0 Å². The van der Waals surface area contributed by atoms with Crippen LogP contribution in [0.4, 0.5) is 0 Å². The number of nitrogens with zero attached hydrogens (tertiary/aromatic N) is 3. The van der Waals surface area contributed by atoms with Crippen LogP contribution in [0.1, 0.15) is 20.3 Å². The molecule has 0 spiro atoms. The summed E-state index contributed by atoms with van der Waals surface area (Å²) in [7, 11) is 0. The van der Waals surface area contributed by atoms with Crippen LogP contribution in [0.5, 0.6) is 0 Å². The molecule has 0 saturated carbocycles. The van der Waals surface area contributed by atoms with Crippen molar-refractivity contribution in [1.82, 2.24) is 0 Å². The second kappa shape index (κ2) is 4.46. The first kappa shape index (κ1) is 10.3. The summed E-state index contributed by atoms with van der Waals surface area (Å²) in [5.41, 5.74) is 8.29. The fraction of sp³-hybridized carbons (Fsp3) is 1.00. The molecule has 1 rings (SSSR count). The van der Waals surface area contributed by atoms with Gasteiger partial charge in [-0.2, -0.15) is 0 Å². The van der Waals surface area contributed by atoms with Crippen LogP contribution >= 0.6 is 0 Å². The molecular weight excluding hydrogens is 170 g/mol. The van der Waals surface area contributed by atoms with E-state index in [1.807, 2.05) is 0 Å². The normalized spacial score (nSPS) is 33.4. The zero-order valence-corrected chi connectivity index (χ0v) is 7.92. The van der Waals surface area contributed by atoms with Crippen molar-refractivity contribution in [3.63, 3.8) is 0 Å². The fourth-order valence-corrected chi connectivity index (χ4v) is 1.54. The number of rotatable bonds is 3. The van der Waals surface area contributed by atoms with Gasteiger partial charge in [0.25, 0.3) is 0 Å². The van der Waals surface area contributed by atoms with Crippen LogP contribution < -0.4 is 0 Å². The predicted octanol–water partition coefficient (Wildman–Crippen LogP) is 1.47. The first-order chi connectivity index (χ1) is 6.19. The van der Waals surface area contributed by atoms with Crippen molar-refractivity contribution in [2.75, 3.05) is 6.61 Å². The first-order valence-corrected chi connectivity index (χ1v) is 4.49. The maximum Gasteiger partial charge on any atom is 0.0895 e. The highest BCUT2D eigenvalue weighted by Crippen LogP contribution is 2.27. The number of aliphatic hydroxyl groups is 1. The summed E-state index contributed by atoms with van der Waals surface area (Å²) in [4.78, 5) is 2.74. The zero-order chi connectivity index (χ0) is 9.84. The van der Waals surface area contributed by atoms with Crippen molar-refractivity contribution in [2.24, 2.45) is 11.0 Å². The lowest BCUT2D eigenvalue weighted by atomic mass is 10.0. The first-order valence-electron chi connectivity index (χ1n) is 4.49. The van der Waals surface area contributed by atoms with Gasteiger partial charge >= 0.3 is 0 Å². The summed E-state index contributed by atoms with van der Waals surface area (Å²) in [6.45, 7) is 4.03. The lowest BCUT2D eigenvalue weighted by molar-refractivity contribution is -0.0103. The Morgan fingerprint density at radius 3 is 2.85 bits per heavy atom. The molecule has 1 N–H and O–H groups in total. The van der Waals surface area contributed by atoms with Crippen molar-refractivity contribution in [2.45, 2.75) is 38.5 Å². The molecule has 13 heavy (non-hydrogen) atoms. The van der Waals surface area contributed by atoms with Gasteiger partial charge in [0.05, 0.1) is 24.9 Å². The Morgan fingerprint density at radius 1 is 1.69 bits per heavy atom. The maximum atomic E-state index is 8.95. The lowest BCUT2D eigenvalue weighted by Crippen LogP contribution is -2.23. The number of hydrogen-bond acceptors (Lipinski definition) is 3. The molecule has 74 valence electrons. The molecule has 0 aliphatic carbocycles. The molecule has 0 aromatic rings. The highest BCUT2D eigenvalue weighted by Gasteiger charge is 2.35. The van der Waals surface area contributed by atoms with Gasteiger partial charge in [0.15, 0.2) is 0 Å². The minimum absolute atomic E-state index is 0.0765. The summed E-state index contributed by atoms with van der Waals surface area (Å²) < 4.78 is 5.52. The molecule has 0 aromatic carbocycles. The van der Waals surface area contributed by atoms with Crippen LogP contribution in [0.2, 0.25) is 0 Å². The second-order valence-electron chi connectivity index (χ2n) is 3.65. The monoisotopic (exact) mass is 185 g/mol. The van der Waals surface area contributed by atoms with Gasteiger partial charge in [-0.15, -0.1) is 0 Å². The fourth-order valence-electron chi connectivity index (χ4n) is 1.54. The Hall–Kier alpha value is -0.770. The minimum atomic E-state index is -0.316. The summed E-state index contributed by atoms with van der Waals surface area (Å²) in [6.07, 6.45) is 0.503. The van der Waals surface area contributed by atoms with Crippen molar-refractivity contribution in [3.8, 4) is 0 Å². The van der Waals surface area contributed by atoms with Gasteiger partial charge in [-0.1, -0.05) is 19.0 Å². The Kier molecular flexibility index (Phi) is 3.54. The molecule has 1 aliphatic rings. The van der Waals surface area contributed by atoms with Crippen LogP contribution in [0, 0.1) is 5.92 Å². The third-order valence-corrected chi connectivity index (χ3v) is 2.38. The van der Waals surface area contributed by atoms with E-state index in [9.17, 15) is 0 Å². The number of hydrogen-bond donors (Lipinski definition) is 1. The van der Waals surface area contributed by atoms with E-state index in [0.717, 1.165) is 0 Å². The quantitative estimate of drug-likeness (QED) is 0.410. The highest BCUT2D eigenvalue weighted by atomic mass is 16.5. The van der Waals surface area contributed by atoms with Crippen LogP contribution in [-0.2, 0) is 4.74 Å². The Balaban J connectivity index is 2.60. The molecule has 3 atom stereocenters. The molecule has 0 amide bonds. The number of azide groups is 1. The van der Waals surface area contributed by atoms with E-state index in [2.05, 4.69) is 23.9 Å². The molecule has 0 aromatic heterocycles. The standard InChI is InChI=1S/C8H15N3O2/c1-5(2)7-3-6(10-11-9)8(4-12)13-7/h5-8,12H,3-4H2,1-2H3/t6?,7?,8-/m1/s1. The highest BCUT2D eigenvalue weighted by molar-refractivity contribution is 4.88. The average molecular weight is 185 g/mol. The molecule has 1 saturated heterocycles. The molecule has 1 aliphatic heterocycles. The van der Waals surface area contributed by atoms with E-state index in [4.69, 9.17) is 15.4 Å². The average Bonchev–Trinajstić information content (AvgIpc) is 2.48. The molecule has 1 fully saturated rings. The van der Waals surface area contributed by atoms with E-state index >= 15 is 0 Å². The topological polar surface area (TPSA) is 78.2 Å². The molecule has 5 nitrogen and oxygen atoms in total. The van der Waals surface area contributed by atoms with Crippen molar-refractivity contribution in [1.29, 1.82) is 0 Å². The second-order valence-corrected chi connectivity index (χ2v) is 3.65. The SMILES string of the molecule is CC(C)C1CC(N=[N+]=[N-])[C@@H](CO)O1. The third-order valence-electron chi connectivity index (χ3n) is 2.38. The van der Waals surface area contributed by atoms with E-state index in [0.29, 0.717) is 12.3 Å². The lowest BCUT2D eigenvalue weighted by Gasteiger charge is -2.14. The molecule has 0 bridgehead atoms. The molecule has 0 radical (unpaired) electrons. The molecule has 1 heterocycles. The Morgan fingerprint density at radius 2 is 2.38 bits per heavy atom. The number of ether oxygens (including phenoxy) is 1. The molecular formula is C8H15N3O2. The summed E-state index contributed by atoms with van der Waals surface area (Å²) in [5, 5.41) is 12.6. The van der Waals surface area contributed by atoms with Gasteiger partial charge in [-0.3, -0.25) is 0 Å². The third kappa shape index (κ3) is 2.34. The summed E-state index contributed by atoms with van der Waals surface area (Å²) in [5.74, 6) is 0.396. The summed E-state index contributed by atoms with van der Waals surface area (Å²) in [6, 6.07) is -0.206. The summed E-state index contributed by atoms with van der Waals surface area (Å²) >= 11 is 0. The van der Waals surface area contributed by atoms with E-state index < -0.39 is 0 Å². The van der Waals surface area contributed by atoms with Gasteiger partial charge in [0, 0.05) is 4.91 Å². The van der Waals surface area contributed by atoms with Crippen LogP contribution in [0.15, 0.2) is 5.11 Å². The zero-order valence-electron chi connectivity index (χ0n) is 7.92. The maximum absolute atomic E-state index is 8.95. The minimum Gasteiger partial charge on any atom is -0.394 e. The van der Waals surface area contributed by atoms with E-state index in [1.54, 1.807) is 0 Å². The molecule has 2 unspecified atom stereocenters. The smallest absolute Gasteiger partial charge is 0.0895 e. The van der Waals surface area contributed by atoms with Crippen LogP contribution in [-0.4, -0.2) is 30.0 Å². The Bertz CT molecular complexity index is 213. The largest absolute Gasteiger partial charge is 0.394 e. The van der Waals surface area contributed by atoms with Gasteiger partial charge in [0.1, 0.15) is 0 Å².